The number of alkyl carbamates (subject to hydrolysis) is 1. The van der Waals surface area contributed by atoms with E-state index in [2.05, 4.69) is 93.9 Å². The number of hydrogen-bond donors (Lipinski definition) is 13. The highest BCUT2D eigenvalue weighted by Crippen LogP contribution is 2.67. The van der Waals surface area contributed by atoms with Gasteiger partial charge in [0, 0.05) is 62.5 Å². The number of phenols is 1. The maximum absolute atomic E-state index is 15.8. The Morgan fingerprint density at radius 3 is 2.13 bits per heavy atom. The van der Waals surface area contributed by atoms with Gasteiger partial charge in [0.2, 0.25) is 59.1 Å². The summed E-state index contributed by atoms with van der Waals surface area (Å²) in [4.78, 5) is 181. The second kappa shape index (κ2) is 44.5. The fraction of sp³-hybridized carbons (Fsp3) is 0.590. The predicted octanol–water partition coefficient (Wildman–Crippen LogP) is 8.79. The number of nitrogens with two attached hydrogens (primary N) is 1. The van der Waals surface area contributed by atoms with Crippen molar-refractivity contribution in [1.82, 2.24) is 63.0 Å². The number of aliphatic hydroxyl groups is 1. The van der Waals surface area contributed by atoms with Gasteiger partial charge in [0.05, 0.1) is 18.1 Å². The number of rotatable bonds is 29. The molecule has 4 aromatic rings. The fourth-order valence-corrected chi connectivity index (χ4v) is 24.7. The van der Waals surface area contributed by atoms with Crippen LogP contribution in [0.2, 0.25) is 0 Å². The summed E-state index contributed by atoms with van der Waals surface area (Å²) in [5.41, 5.74) is 9.77. The van der Waals surface area contributed by atoms with Crippen molar-refractivity contribution in [3.05, 3.63) is 156 Å². The standard InChI is InChI=1S/C100H136N14O15S2/c1-58(2)20-16-21-60(5)74-38-39-75-73-37-34-69-52-71(40-42-99(69,7)76(73)41-43-100(74,75)8)129-98(128)102-44-15-14-27-78-89(119)110-85(59(3)4)95(125)109-82(93(123)111-86(61(6)115)87(101)117)57-131-130-56-81(92(122)106-79(50-62-31-35-70(116)36-32-62)90(120)107-80(91(121)105-78)51-67-53-103-77-26-13-12-25-72(67)77)108-88(118)68(49-63-30-33-64-22-10-11-23-65(64)48-63)54-104-94(124)83-28-18-46-113(83)97(127)84-29-19-47-114(84)96(126)66-24-17-45-112(9)55-66/h10-13,17,22-26,30-36,45,48,53,55,58-61,68,71-86,103,115H,14-16,18-21,27-29,37-44,46-47,49-52,54,56-57H2,1-9H3,(H11-,101,102,104,105,106,107,108,109,110,111,116,117,118,119,120,121,122,123,124,125,128)/p+1. The smallest absolute Gasteiger partial charge is 0.407 e. The molecule has 21 unspecified atom stereocenters. The van der Waals surface area contributed by atoms with Crippen LogP contribution in [0.5, 0.6) is 5.75 Å². The van der Waals surface area contributed by atoms with Crippen LogP contribution in [0.3, 0.4) is 0 Å². The number of fused-ring (bicyclic) bond motifs is 7. The van der Waals surface area contributed by atoms with Crippen LogP contribution in [-0.2, 0) is 72.6 Å². The Hall–Kier alpha value is -10.3. The Kier molecular flexibility index (Phi) is 33.4. The predicted molar refractivity (Wildman–Crippen MR) is 503 cm³/mol. The highest BCUT2D eigenvalue weighted by atomic mass is 33.1. The number of likely N-dealkylation sites (tertiary alicyclic amines) is 2. The first-order chi connectivity index (χ1) is 62.7. The number of aryl methyl sites for hydroxylation is 1. The number of carbonyl (C=O) groups excluding carboxylic acids is 12. The van der Waals surface area contributed by atoms with E-state index in [4.69, 9.17) is 10.5 Å². The summed E-state index contributed by atoms with van der Waals surface area (Å²) >= 11 is 0. The van der Waals surface area contributed by atoms with Crippen molar-refractivity contribution in [3.8, 4) is 5.75 Å². The third-order valence-corrected chi connectivity index (χ3v) is 32.0. The summed E-state index contributed by atoms with van der Waals surface area (Å²) in [5.74, 6) is -6.90. The minimum absolute atomic E-state index is 0.00595. The zero-order valence-corrected chi connectivity index (χ0v) is 78.9. The molecule has 31 heteroatoms. The van der Waals surface area contributed by atoms with Crippen molar-refractivity contribution < 1.29 is 77.1 Å². The normalized spacial score (nSPS) is 29.2. The maximum atomic E-state index is 15.8. The Morgan fingerprint density at radius 2 is 1.39 bits per heavy atom. The summed E-state index contributed by atoms with van der Waals surface area (Å²) in [7, 11) is 3.75. The van der Waals surface area contributed by atoms with E-state index in [1.165, 1.54) is 74.5 Å². The highest BCUT2D eigenvalue weighted by molar-refractivity contribution is 8.76. The molecule has 5 aliphatic carbocycles. The van der Waals surface area contributed by atoms with Crippen LogP contribution in [0.1, 0.15) is 199 Å². The minimum Gasteiger partial charge on any atom is -0.508 e. The number of ether oxygens (including phenoxy) is 1. The lowest BCUT2D eigenvalue weighted by molar-refractivity contribution is -0.671. The number of carbonyl (C=O) groups is 12. The number of nitrogens with zero attached hydrogens (tertiary/aromatic N) is 3. The molecule has 708 valence electrons. The van der Waals surface area contributed by atoms with Crippen LogP contribution in [0.25, 0.3) is 10.8 Å². The molecule has 13 rings (SSSR count). The summed E-state index contributed by atoms with van der Waals surface area (Å²) in [5, 5.41) is 52.1. The molecule has 5 heterocycles. The van der Waals surface area contributed by atoms with Crippen molar-refractivity contribution >= 4 is 103 Å². The molecule has 0 bridgehead atoms. The number of nitrogens with one attached hydrogen (secondary N) is 10. The Labute approximate surface area is 777 Å². The first kappa shape index (κ1) is 98.2. The molecular weight excluding hydrogens is 1700 g/mol. The van der Waals surface area contributed by atoms with Gasteiger partial charge in [0.25, 0.3) is 5.91 Å². The molecule has 1 aromatic heterocycles. The number of benzene rings is 3. The topological polar surface area (TPSA) is 411 Å². The summed E-state index contributed by atoms with van der Waals surface area (Å²) in [6.07, 6.45) is 27.3. The number of aliphatic hydroxyl groups excluding tert-OH is 1. The number of unbranched alkanes of at least 4 members (excludes halogenated alkanes) is 1. The van der Waals surface area contributed by atoms with Gasteiger partial charge in [0.15, 0.2) is 12.4 Å². The summed E-state index contributed by atoms with van der Waals surface area (Å²) in [6.45, 7) is 17.2. The van der Waals surface area contributed by atoms with E-state index in [-0.39, 0.29) is 104 Å². The van der Waals surface area contributed by atoms with Crippen molar-refractivity contribution in [2.24, 2.45) is 76.9 Å². The number of primary amides is 1. The zero-order chi connectivity index (χ0) is 93.5. The Balaban J connectivity index is 0.751. The first-order valence-corrected chi connectivity index (χ1v) is 50.1. The highest BCUT2D eigenvalue weighted by Gasteiger charge is 2.60. The van der Waals surface area contributed by atoms with E-state index in [9.17, 15) is 39.0 Å². The average molecular weight is 1840 g/mol. The lowest BCUT2D eigenvalue weighted by Crippen LogP contribution is -2.62. The van der Waals surface area contributed by atoms with Gasteiger partial charge in [-0.05, 0) is 214 Å². The van der Waals surface area contributed by atoms with Gasteiger partial charge >= 0.3 is 6.09 Å². The first-order valence-electron chi connectivity index (χ1n) is 47.6. The second-order valence-corrected chi connectivity index (χ2v) is 42.0. The lowest BCUT2D eigenvalue weighted by atomic mass is 9.47. The number of amides is 12. The van der Waals surface area contributed by atoms with Gasteiger partial charge in [-0.25, -0.2) is 9.36 Å². The van der Waals surface area contributed by atoms with Crippen molar-refractivity contribution in [2.75, 3.05) is 37.7 Å². The van der Waals surface area contributed by atoms with Crippen molar-refractivity contribution in [3.63, 3.8) is 0 Å². The number of aromatic hydroxyl groups is 1. The molecule has 131 heavy (non-hydrogen) atoms. The Bertz CT molecular complexity index is 4950. The third-order valence-electron chi connectivity index (χ3n) is 29.6. The summed E-state index contributed by atoms with van der Waals surface area (Å²) < 4.78 is 7.97. The molecular formula is C100H137N14O15S2+. The molecule has 12 amide bonds. The van der Waals surface area contributed by atoms with Gasteiger partial charge in [-0.2, -0.15) is 0 Å². The molecule has 9 aliphatic rings. The van der Waals surface area contributed by atoms with Crippen LogP contribution < -0.4 is 63.5 Å². The fourth-order valence-electron chi connectivity index (χ4n) is 22.3. The lowest BCUT2D eigenvalue weighted by Gasteiger charge is -2.58. The van der Waals surface area contributed by atoms with Crippen LogP contribution in [0.4, 0.5) is 4.79 Å². The number of aromatic nitrogens is 1. The average Bonchev–Trinajstić information content (AvgIpc) is 1.66. The number of allylic oxidation sites excluding steroid dienone is 3. The SMILES string of the molecule is CC(C)CCCC(C)C1CCC2C3CC=C4CC(OC(=O)NCCCCC5NC(=O)C(CC6=CNC7C=CC=CC67)NC(=O)C(Cc6ccc(O)cc6)NC(=O)C(NC(=O)C(CNC(=O)C6CCCN6C(=O)C6CCCN6C(=O)c6ccc[n+](C)c6)Cc6ccc7ccccc7c6)CSSCC(C(=O)NC(C(N)=O)C(C)O)NC(=O)C(C(C)C)NC5=O)CCC4(C)C3CCC12C. The number of pyridine rings is 1. The maximum Gasteiger partial charge on any atom is 0.407 e. The molecule has 14 N–H and O–H groups in total. The van der Waals surface area contributed by atoms with Crippen LogP contribution >= 0.6 is 21.6 Å². The van der Waals surface area contributed by atoms with Crippen LogP contribution in [0.15, 0.2) is 139 Å². The van der Waals surface area contributed by atoms with E-state index in [1.807, 2.05) is 66.8 Å². The van der Waals surface area contributed by atoms with Crippen molar-refractivity contribution in [1.29, 1.82) is 0 Å². The molecule has 0 spiro atoms. The molecule has 3 saturated carbocycles. The van der Waals surface area contributed by atoms with Crippen LogP contribution in [-0.4, -0.2) is 201 Å². The van der Waals surface area contributed by atoms with Crippen LogP contribution in [0, 0.1) is 64.1 Å². The van der Waals surface area contributed by atoms with E-state index in [0.717, 1.165) is 69.4 Å². The monoisotopic (exact) mass is 1840 g/mol. The van der Waals surface area contributed by atoms with Gasteiger partial charge in [-0.15, -0.1) is 0 Å². The van der Waals surface area contributed by atoms with E-state index < -0.39 is 132 Å². The molecule has 21 atom stereocenters. The van der Waals surface area contributed by atoms with Crippen molar-refractivity contribution in [2.45, 2.75) is 263 Å². The Morgan fingerprint density at radius 1 is 0.687 bits per heavy atom. The third kappa shape index (κ3) is 24.2. The summed E-state index contributed by atoms with van der Waals surface area (Å²) in [6, 6.07) is 10.1. The van der Waals surface area contributed by atoms with Gasteiger partial charge in [-0.3, -0.25) is 52.7 Å². The zero-order valence-electron chi connectivity index (χ0n) is 77.3. The van der Waals surface area contributed by atoms with Gasteiger partial charge in [-0.1, -0.05) is 180 Å². The van der Waals surface area contributed by atoms with E-state index in [0.29, 0.717) is 90.5 Å². The molecule has 0 radical (unpaired) electrons. The quantitative estimate of drug-likeness (QED) is 0.0104. The number of hydrogen-bond acceptors (Lipinski definition) is 18. The molecule has 29 nitrogen and oxygen atoms in total. The molecule has 3 aromatic carbocycles. The van der Waals surface area contributed by atoms with E-state index in [1.54, 1.807) is 73.2 Å². The molecule has 4 aliphatic heterocycles. The molecule has 3 saturated heterocycles. The minimum atomic E-state index is -1.64. The van der Waals surface area contributed by atoms with Gasteiger partial charge < -0.3 is 83.7 Å². The van der Waals surface area contributed by atoms with Gasteiger partial charge in [0.1, 0.15) is 78.8 Å². The number of phenolic OH excluding ortho intramolecular Hbond substituents is 1. The molecule has 6 fully saturated rings. The van der Waals surface area contributed by atoms with E-state index >= 15 is 28.8 Å². The second-order valence-electron chi connectivity index (χ2n) is 39.4. The largest absolute Gasteiger partial charge is 0.508 e.